The van der Waals surface area contributed by atoms with Crippen LogP contribution < -0.4 is 0 Å². The molecule has 0 saturated heterocycles. The molecular weight excluding hydrogens is 244 g/mol. The molecule has 0 amide bonds. The highest BCUT2D eigenvalue weighted by Crippen LogP contribution is 2.02. The highest BCUT2D eigenvalue weighted by atomic mass is 16.6. The molecule has 4 nitrogen and oxygen atoms in total. The highest BCUT2D eigenvalue weighted by Gasteiger charge is 2.15. The third-order valence-corrected chi connectivity index (χ3v) is 2.21. The summed E-state index contributed by atoms with van der Waals surface area (Å²) in [7, 11) is 0. The van der Waals surface area contributed by atoms with Gasteiger partial charge in [-0.15, -0.1) is 0 Å². The average molecular weight is 268 g/mol. The maximum atomic E-state index is 11.4. The van der Waals surface area contributed by atoms with Gasteiger partial charge in [0.25, 0.3) is 0 Å². The fourth-order valence-electron chi connectivity index (χ4n) is 1.35. The third-order valence-electron chi connectivity index (χ3n) is 2.21. The quantitative estimate of drug-likeness (QED) is 0.385. The molecule has 0 N–H and O–H groups in total. The minimum Gasteiger partial charge on any atom is -0.458 e. The van der Waals surface area contributed by atoms with Gasteiger partial charge in [-0.3, -0.25) is 9.59 Å². The van der Waals surface area contributed by atoms with Crippen LogP contribution in [0.3, 0.4) is 0 Å². The first-order chi connectivity index (χ1) is 8.99. The lowest BCUT2D eigenvalue weighted by molar-refractivity contribution is -0.157. The number of hydrogen-bond acceptors (Lipinski definition) is 4. The normalized spacial score (nSPS) is 14.5. The SMILES string of the molecule is CC/C=C/C(C)OC(=O)CC(=O)OC(C)/C=C/CC. The van der Waals surface area contributed by atoms with E-state index in [0.29, 0.717) is 0 Å². The van der Waals surface area contributed by atoms with Crippen molar-refractivity contribution in [3.8, 4) is 0 Å². The molecule has 0 radical (unpaired) electrons. The van der Waals surface area contributed by atoms with E-state index in [1.54, 1.807) is 26.0 Å². The fourth-order valence-corrected chi connectivity index (χ4v) is 1.35. The van der Waals surface area contributed by atoms with Gasteiger partial charge in [0.15, 0.2) is 0 Å². The average Bonchev–Trinajstić information content (AvgIpc) is 2.33. The lowest BCUT2D eigenvalue weighted by atomic mass is 10.3. The van der Waals surface area contributed by atoms with E-state index < -0.39 is 11.9 Å². The molecule has 0 aliphatic rings. The molecule has 0 aliphatic heterocycles. The smallest absolute Gasteiger partial charge is 0.317 e. The summed E-state index contributed by atoms with van der Waals surface area (Å²) in [4.78, 5) is 22.9. The van der Waals surface area contributed by atoms with Gasteiger partial charge in [0.05, 0.1) is 0 Å². The zero-order valence-electron chi connectivity index (χ0n) is 12.2. The van der Waals surface area contributed by atoms with Gasteiger partial charge in [-0.25, -0.2) is 0 Å². The lowest BCUT2D eigenvalue weighted by Crippen LogP contribution is -2.20. The predicted octanol–water partition coefficient (Wildman–Crippen LogP) is 3.17. The Morgan fingerprint density at radius 1 is 0.895 bits per heavy atom. The molecule has 0 spiro atoms. The molecule has 0 bridgehead atoms. The molecule has 0 aliphatic carbocycles. The van der Waals surface area contributed by atoms with Crippen molar-refractivity contribution in [3.63, 3.8) is 0 Å². The summed E-state index contributed by atoms with van der Waals surface area (Å²) >= 11 is 0. The van der Waals surface area contributed by atoms with E-state index in [9.17, 15) is 9.59 Å². The predicted molar refractivity (Wildman–Crippen MR) is 74.6 cm³/mol. The van der Waals surface area contributed by atoms with Crippen molar-refractivity contribution in [2.24, 2.45) is 0 Å². The van der Waals surface area contributed by atoms with Crippen LogP contribution in [0.1, 0.15) is 47.0 Å². The summed E-state index contributed by atoms with van der Waals surface area (Å²) in [5, 5.41) is 0. The minimum absolute atomic E-state index is 0.322. The molecular formula is C15H24O4. The van der Waals surface area contributed by atoms with E-state index in [4.69, 9.17) is 9.47 Å². The Bertz CT molecular complexity index is 299. The van der Waals surface area contributed by atoms with Gasteiger partial charge in [0, 0.05) is 0 Å². The van der Waals surface area contributed by atoms with Gasteiger partial charge in [-0.1, -0.05) is 26.0 Å². The monoisotopic (exact) mass is 268 g/mol. The second-order valence-corrected chi connectivity index (χ2v) is 4.24. The molecule has 4 heteroatoms. The Morgan fingerprint density at radius 2 is 1.26 bits per heavy atom. The van der Waals surface area contributed by atoms with Crippen LogP contribution in [0.2, 0.25) is 0 Å². The lowest BCUT2D eigenvalue weighted by Gasteiger charge is -2.11. The molecule has 0 aromatic rings. The molecule has 0 fully saturated rings. The van der Waals surface area contributed by atoms with Gasteiger partial charge in [-0.2, -0.15) is 0 Å². The maximum absolute atomic E-state index is 11.4. The number of carbonyl (C=O) groups is 2. The van der Waals surface area contributed by atoms with E-state index >= 15 is 0 Å². The second-order valence-electron chi connectivity index (χ2n) is 4.24. The summed E-state index contributed by atoms with van der Waals surface area (Å²) in [6.45, 7) is 7.49. The Hall–Kier alpha value is -1.58. The number of allylic oxidation sites excluding steroid dienone is 2. The number of ether oxygens (including phenoxy) is 2. The van der Waals surface area contributed by atoms with E-state index in [0.717, 1.165) is 12.8 Å². The molecule has 0 heterocycles. The van der Waals surface area contributed by atoms with Crippen LogP contribution in [-0.2, 0) is 19.1 Å². The summed E-state index contributed by atoms with van der Waals surface area (Å²) in [5.41, 5.74) is 0. The van der Waals surface area contributed by atoms with Crippen LogP contribution in [0.15, 0.2) is 24.3 Å². The number of hydrogen-bond donors (Lipinski definition) is 0. The van der Waals surface area contributed by atoms with E-state index in [2.05, 4.69) is 0 Å². The van der Waals surface area contributed by atoms with Crippen LogP contribution in [0.4, 0.5) is 0 Å². The van der Waals surface area contributed by atoms with Gasteiger partial charge in [0.2, 0.25) is 0 Å². The summed E-state index contributed by atoms with van der Waals surface area (Å²) in [5.74, 6) is -1.13. The first kappa shape index (κ1) is 17.4. The molecule has 0 aromatic heterocycles. The molecule has 108 valence electrons. The zero-order chi connectivity index (χ0) is 14.7. The summed E-state index contributed by atoms with van der Waals surface area (Å²) < 4.78 is 10.1. The Balaban J connectivity index is 4.02. The Kier molecular flexibility index (Phi) is 9.49. The van der Waals surface area contributed by atoms with Crippen molar-refractivity contribution >= 4 is 11.9 Å². The van der Waals surface area contributed by atoms with Crippen molar-refractivity contribution < 1.29 is 19.1 Å². The van der Waals surface area contributed by atoms with Crippen molar-refractivity contribution in [1.82, 2.24) is 0 Å². The van der Waals surface area contributed by atoms with Crippen LogP contribution in [-0.4, -0.2) is 24.1 Å². The summed E-state index contributed by atoms with van der Waals surface area (Å²) in [6, 6.07) is 0. The second kappa shape index (κ2) is 10.4. The first-order valence-corrected chi connectivity index (χ1v) is 6.71. The van der Waals surface area contributed by atoms with Crippen LogP contribution in [0.5, 0.6) is 0 Å². The molecule has 0 saturated carbocycles. The van der Waals surface area contributed by atoms with Crippen molar-refractivity contribution in [2.45, 2.75) is 59.2 Å². The first-order valence-electron chi connectivity index (χ1n) is 6.71. The Labute approximate surface area is 115 Å². The van der Waals surface area contributed by atoms with Gasteiger partial charge in [-0.05, 0) is 38.8 Å². The van der Waals surface area contributed by atoms with Gasteiger partial charge < -0.3 is 9.47 Å². The van der Waals surface area contributed by atoms with E-state index in [-0.39, 0.29) is 18.6 Å². The zero-order valence-corrected chi connectivity index (χ0v) is 12.2. The van der Waals surface area contributed by atoms with Crippen molar-refractivity contribution in [1.29, 1.82) is 0 Å². The van der Waals surface area contributed by atoms with Gasteiger partial charge >= 0.3 is 11.9 Å². The Morgan fingerprint density at radius 3 is 1.58 bits per heavy atom. The number of rotatable bonds is 8. The maximum Gasteiger partial charge on any atom is 0.317 e. The van der Waals surface area contributed by atoms with E-state index in [1.807, 2.05) is 26.0 Å². The van der Waals surface area contributed by atoms with Crippen molar-refractivity contribution in [2.75, 3.05) is 0 Å². The molecule has 2 unspecified atom stereocenters. The van der Waals surface area contributed by atoms with Crippen molar-refractivity contribution in [3.05, 3.63) is 24.3 Å². The molecule has 2 atom stereocenters. The third kappa shape index (κ3) is 10.1. The van der Waals surface area contributed by atoms with Gasteiger partial charge in [0.1, 0.15) is 18.6 Å². The fraction of sp³-hybridized carbons (Fsp3) is 0.600. The minimum atomic E-state index is -0.565. The largest absolute Gasteiger partial charge is 0.458 e. The van der Waals surface area contributed by atoms with E-state index in [1.165, 1.54) is 0 Å². The standard InChI is InChI=1S/C15H24O4/c1-5-7-9-12(3)18-14(16)11-15(17)19-13(4)10-8-6-2/h7-10,12-13H,5-6,11H2,1-4H3/b9-7+,10-8+. The molecule has 0 aromatic carbocycles. The summed E-state index contributed by atoms with van der Waals surface area (Å²) in [6.07, 6.45) is 8.16. The van der Waals surface area contributed by atoms with Crippen LogP contribution >= 0.6 is 0 Å². The van der Waals surface area contributed by atoms with Crippen LogP contribution in [0.25, 0.3) is 0 Å². The topological polar surface area (TPSA) is 52.6 Å². The molecule has 19 heavy (non-hydrogen) atoms. The van der Waals surface area contributed by atoms with Crippen LogP contribution in [0, 0.1) is 0 Å². The highest BCUT2D eigenvalue weighted by molar-refractivity contribution is 5.91. The number of esters is 2. The molecule has 0 rings (SSSR count). The number of carbonyl (C=O) groups excluding carboxylic acids is 2.